The maximum Gasteiger partial charge on any atom is 0.411 e. The summed E-state index contributed by atoms with van der Waals surface area (Å²) in [6.45, 7) is 1.49. The summed E-state index contributed by atoms with van der Waals surface area (Å²) in [4.78, 5) is 0. The van der Waals surface area contributed by atoms with Gasteiger partial charge in [0.2, 0.25) is 0 Å². The SMILES string of the molecule is COCCNCC1(CCCOCC(F)(F)F)CCCC1. The Morgan fingerprint density at radius 3 is 2.45 bits per heavy atom. The van der Waals surface area contributed by atoms with E-state index in [9.17, 15) is 13.2 Å². The molecule has 0 aromatic rings. The molecule has 0 saturated heterocycles. The van der Waals surface area contributed by atoms with E-state index in [0.29, 0.717) is 13.0 Å². The fraction of sp³-hybridized carbons (Fsp3) is 1.00. The molecule has 1 N–H and O–H groups in total. The number of alkyl halides is 3. The molecule has 0 radical (unpaired) electrons. The average Bonchev–Trinajstić information content (AvgIpc) is 2.82. The number of ether oxygens (including phenoxy) is 2. The van der Waals surface area contributed by atoms with Crippen molar-refractivity contribution in [1.29, 1.82) is 0 Å². The summed E-state index contributed by atoms with van der Waals surface area (Å²) in [6, 6.07) is 0. The monoisotopic (exact) mass is 297 g/mol. The fourth-order valence-electron chi connectivity index (χ4n) is 2.91. The van der Waals surface area contributed by atoms with Gasteiger partial charge >= 0.3 is 6.18 Å². The van der Waals surface area contributed by atoms with Crippen LogP contribution < -0.4 is 5.32 Å². The molecule has 0 aromatic heterocycles. The topological polar surface area (TPSA) is 30.5 Å². The highest BCUT2D eigenvalue weighted by molar-refractivity contribution is 4.86. The van der Waals surface area contributed by atoms with Gasteiger partial charge in [0.25, 0.3) is 0 Å². The van der Waals surface area contributed by atoms with Gasteiger partial charge < -0.3 is 14.8 Å². The summed E-state index contributed by atoms with van der Waals surface area (Å²) in [5.74, 6) is 0. The number of rotatable bonds is 10. The smallest absolute Gasteiger partial charge is 0.383 e. The lowest BCUT2D eigenvalue weighted by Gasteiger charge is -2.29. The Balaban J connectivity index is 2.18. The molecule has 1 rings (SSSR count). The highest BCUT2D eigenvalue weighted by atomic mass is 19.4. The lowest BCUT2D eigenvalue weighted by atomic mass is 9.81. The summed E-state index contributed by atoms with van der Waals surface area (Å²) in [5, 5.41) is 3.39. The number of hydrogen-bond donors (Lipinski definition) is 1. The van der Waals surface area contributed by atoms with Gasteiger partial charge in [0, 0.05) is 26.8 Å². The molecule has 0 bridgehead atoms. The minimum absolute atomic E-state index is 0.194. The second kappa shape index (κ2) is 8.85. The second-order valence-corrected chi connectivity index (χ2v) is 5.65. The Morgan fingerprint density at radius 2 is 1.85 bits per heavy atom. The van der Waals surface area contributed by atoms with Crippen LogP contribution in [0.15, 0.2) is 0 Å². The van der Waals surface area contributed by atoms with E-state index < -0.39 is 12.8 Å². The Morgan fingerprint density at radius 1 is 1.15 bits per heavy atom. The van der Waals surface area contributed by atoms with Crippen molar-refractivity contribution in [3.8, 4) is 0 Å². The van der Waals surface area contributed by atoms with Crippen molar-refractivity contribution in [1.82, 2.24) is 5.32 Å². The van der Waals surface area contributed by atoms with E-state index in [1.807, 2.05) is 0 Å². The normalized spacial score (nSPS) is 18.6. The summed E-state index contributed by atoms with van der Waals surface area (Å²) in [5.41, 5.74) is 0.245. The van der Waals surface area contributed by atoms with Gasteiger partial charge in [-0.25, -0.2) is 0 Å². The minimum Gasteiger partial charge on any atom is -0.383 e. The zero-order valence-corrected chi connectivity index (χ0v) is 12.2. The van der Waals surface area contributed by atoms with Crippen LogP contribution in [0, 0.1) is 5.41 Å². The molecule has 1 aliphatic rings. The molecule has 0 aliphatic heterocycles. The molecule has 6 heteroatoms. The maximum absolute atomic E-state index is 12.0. The van der Waals surface area contributed by atoms with E-state index in [2.05, 4.69) is 10.1 Å². The zero-order chi connectivity index (χ0) is 14.9. The fourth-order valence-corrected chi connectivity index (χ4v) is 2.91. The molecule has 20 heavy (non-hydrogen) atoms. The number of hydrogen-bond acceptors (Lipinski definition) is 3. The lowest BCUT2D eigenvalue weighted by Crippen LogP contribution is -2.34. The minimum atomic E-state index is -4.22. The molecule has 1 saturated carbocycles. The van der Waals surface area contributed by atoms with Crippen molar-refractivity contribution in [2.75, 3.05) is 40.0 Å². The summed E-state index contributed by atoms with van der Waals surface area (Å²) in [6.07, 6.45) is 2.17. The molecule has 0 atom stereocenters. The second-order valence-electron chi connectivity index (χ2n) is 5.65. The molecule has 3 nitrogen and oxygen atoms in total. The Kier molecular flexibility index (Phi) is 7.84. The van der Waals surface area contributed by atoms with Crippen molar-refractivity contribution >= 4 is 0 Å². The highest BCUT2D eigenvalue weighted by Gasteiger charge is 2.33. The van der Waals surface area contributed by atoms with Crippen LogP contribution >= 0.6 is 0 Å². The Bertz CT molecular complexity index is 253. The van der Waals surface area contributed by atoms with Crippen LogP contribution in [-0.2, 0) is 9.47 Å². The average molecular weight is 297 g/mol. The van der Waals surface area contributed by atoms with Crippen LogP contribution in [0.1, 0.15) is 38.5 Å². The molecular weight excluding hydrogens is 271 g/mol. The van der Waals surface area contributed by atoms with Crippen LogP contribution in [-0.4, -0.2) is 46.2 Å². The van der Waals surface area contributed by atoms with Gasteiger partial charge in [-0.3, -0.25) is 0 Å². The van der Waals surface area contributed by atoms with Crippen LogP contribution in [0.25, 0.3) is 0 Å². The van der Waals surface area contributed by atoms with E-state index in [0.717, 1.165) is 32.4 Å². The third-order valence-corrected chi connectivity index (χ3v) is 3.91. The number of nitrogens with one attached hydrogen (secondary N) is 1. The molecule has 120 valence electrons. The molecule has 1 aliphatic carbocycles. The largest absolute Gasteiger partial charge is 0.411 e. The molecule has 0 unspecified atom stereocenters. The van der Waals surface area contributed by atoms with E-state index in [4.69, 9.17) is 4.74 Å². The van der Waals surface area contributed by atoms with Crippen molar-refractivity contribution in [2.24, 2.45) is 5.41 Å². The summed E-state index contributed by atoms with van der Waals surface area (Å²) in [7, 11) is 1.67. The number of halogens is 3. The van der Waals surface area contributed by atoms with Crippen LogP contribution in [0.3, 0.4) is 0 Å². The van der Waals surface area contributed by atoms with Gasteiger partial charge in [-0.1, -0.05) is 12.8 Å². The van der Waals surface area contributed by atoms with E-state index in [-0.39, 0.29) is 12.0 Å². The third-order valence-electron chi connectivity index (χ3n) is 3.91. The van der Waals surface area contributed by atoms with Gasteiger partial charge in [0.05, 0.1) is 6.61 Å². The molecule has 0 amide bonds. The predicted molar refractivity (Wildman–Crippen MR) is 71.8 cm³/mol. The van der Waals surface area contributed by atoms with Gasteiger partial charge in [-0.2, -0.15) is 13.2 Å². The molecule has 0 aromatic carbocycles. The van der Waals surface area contributed by atoms with Gasteiger partial charge in [0.15, 0.2) is 0 Å². The quantitative estimate of drug-likeness (QED) is 0.628. The number of methoxy groups -OCH3 is 1. The Hall–Kier alpha value is -0.330. The summed E-state index contributed by atoms with van der Waals surface area (Å²) < 4.78 is 45.5. The van der Waals surface area contributed by atoms with E-state index >= 15 is 0 Å². The molecule has 0 spiro atoms. The Labute approximate surface area is 119 Å². The first kappa shape index (κ1) is 17.7. The van der Waals surface area contributed by atoms with Gasteiger partial charge in [0.1, 0.15) is 6.61 Å². The van der Waals surface area contributed by atoms with Crippen LogP contribution in [0.2, 0.25) is 0 Å². The zero-order valence-electron chi connectivity index (χ0n) is 12.2. The standard InChI is InChI=1S/C14H26F3NO2/c1-19-10-8-18-11-13(5-2-3-6-13)7-4-9-20-12-14(15,16)17/h18H,2-12H2,1H3. The van der Waals surface area contributed by atoms with Crippen LogP contribution in [0.5, 0.6) is 0 Å². The predicted octanol–water partition coefficient (Wildman–Crippen LogP) is 3.14. The van der Waals surface area contributed by atoms with Crippen molar-refractivity contribution in [3.63, 3.8) is 0 Å². The molecule has 1 fully saturated rings. The highest BCUT2D eigenvalue weighted by Crippen LogP contribution is 2.41. The lowest BCUT2D eigenvalue weighted by molar-refractivity contribution is -0.174. The van der Waals surface area contributed by atoms with E-state index in [1.54, 1.807) is 7.11 Å². The summed E-state index contributed by atoms with van der Waals surface area (Å²) >= 11 is 0. The van der Waals surface area contributed by atoms with Crippen molar-refractivity contribution in [3.05, 3.63) is 0 Å². The third kappa shape index (κ3) is 7.45. The van der Waals surface area contributed by atoms with Crippen LogP contribution in [0.4, 0.5) is 13.2 Å². The van der Waals surface area contributed by atoms with Gasteiger partial charge in [-0.05, 0) is 31.1 Å². The first-order valence-corrected chi connectivity index (χ1v) is 7.32. The first-order valence-electron chi connectivity index (χ1n) is 7.32. The first-order chi connectivity index (χ1) is 9.47. The molecular formula is C14H26F3NO2. The van der Waals surface area contributed by atoms with Gasteiger partial charge in [-0.15, -0.1) is 0 Å². The van der Waals surface area contributed by atoms with Crippen molar-refractivity contribution < 1.29 is 22.6 Å². The van der Waals surface area contributed by atoms with E-state index in [1.165, 1.54) is 12.8 Å². The molecule has 0 heterocycles. The van der Waals surface area contributed by atoms with Crippen molar-refractivity contribution in [2.45, 2.75) is 44.7 Å². The maximum atomic E-state index is 12.0.